The number of aromatic nitrogens is 1. The largest absolute Gasteiger partial charge is 0.444 e. The molecule has 0 amide bonds. The molecule has 196 valence electrons. The second kappa shape index (κ2) is 17.6. The van der Waals surface area contributed by atoms with Crippen LogP contribution in [0.1, 0.15) is 44.3 Å². The standard InChI is InChI=1S/C14H14BrN3O.C8H10O.C5H13FN2/c15-13-11-6-10(7-16)19-12(11)8-17-14(13)18-9-4-2-1-3-5-9;1-3-5-8(4-2)6-7-9;1-7(2)4-5-8(3)6/h6,8-9H,1-5H2,(H,17,18);3-5,7H,1-2,6H2;4-5H2,1-3H3/b;8-5+;. The minimum atomic E-state index is 0.312. The summed E-state index contributed by atoms with van der Waals surface area (Å²) in [7, 11) is 5.26. The van der Waals surface area contributed by atoms with Crippen molar-refractivity contribution in [1.29, 1.82) is 5.26 Å². The molecule has 1 saturated carbocycles. The molecule has 9 heteroatoms. The van der Waals surface area contributed by atoms with E-state index < -0.39 is 0 Å². The first kappa shape index (κ1) is 31.2. The highest BCUT2D eigenvalue weighted by Crippen LogP contribution is 2.33. The predicted molar refractivity (Wildman–Crippen MR) is 148 cm³/mol. The van der Waals surface area contributed by atoms with Gasteiger partial charge in [0.25, 0.3) is 0 Å². The normalized spacial score (nSPS) is 13.8. The van der Waals surface area contributed by atoms with E-state index in [1.54, 1.807) is 30.5 Å². The van der Waals surface area contributed by atoms with Crippen molar-refractivity contribution in [1.82, 2.24) is 15.0 Å². The predicted octanol–water partition coefficient (Wildman–Crippen LogP) is 6.44. The topological polar surface area (TPSA) is 85.4 Å². The Balaban J connectivity index is 0.000000321. The number of pyridine rings is 1. The van der Waals surface area contributed by atoms with Crippen LogP contribution in [0.5, 0.6) is 0 Å². The van der Waals surface area contributed by atoms with Crippen molar-refractivity contribution in [3.63, 3.8) is 0 Å². The summed E-state index contributed by atoms with van der Waals surface area (Å²) in [5.74, 6) is 1.15. The summed E-state index contributed by atoms with van der Waals surface area (Å²) in [6.07, 6.45) is 14.3. The molecule has 0 radical (unpaired) electrons. The fourth-order valence-corrected chi connectivity index (χ4v) is 3.91. The number of hydrogen-bond donors (Lipinski definition) is 1. The van der Waals surface area contributed by atoms with Gasteiger partial charge in [0.15, 0.2) is 5.58 Å². The molecule has 0 atom stereocenters. The molecule has 36 heavy (non-hydrogen) atoms. The van der Waals surface area contributed by atoms with E-state index in [0.29, 0.717) is 35.5 Å². The van der Waals surface area contributed by atoms with Gasteiger partial charge in [-0.15, -0.1) is 9.60 Å². The van der Waals surface area contributed by atoms with Crippen LogP contribution in [0.25, 0.3) is 11.0 Å². The molecule has 2 aromatic rings. The highest BCUT2D eigenvalue weighted by atomic mass is 79.9. The third-order valence-corrected chi connectivity index (χ3v) is 6.14. The maximum absolute atomic E-state index is 11.9. The van der Waals surface area contributed by atoms with Crippen LogP contribution in [-0.4, -0.2) is 61.6 Å². The number of rotatable bonds is 9. The number of nitrogens with zero attached hydrogens (tertiary/aromatic N) is 4. The lowest BCUT2D eigenvalue weighted by molar-refractivity contribution is -0.107. The van der Waals surface area contributed by atoms with E-state index in [4.69, 9.17) is 9.68 Å². The smallest absolute Gasteiger partial charge is 0.204 e. The van der Waals surface area contributed by atoms with E-state index in [1.165, 1.54) is 39.2 Å². The van der Waals surface area contributed by atoms with Gasteiger partial charge in [0.1, 0.15) is 18.2 Å². The van der Waals surface area contributed by atoms with Gasteiger partial charge in [-0.25, -0.2) is 4.98 Å². The van der Waals surface area contributed by atoms with Crippen LogP contribution in [0.4, 0.5) is 10.3 Å². The van der Waals surface area contributed by atoms with Crippen molar-refractivity contribution in [3.05, 3.63) is 59.5 Å². The second-order valence-electron chi connectivity index (χ2n) is 8.58. The average Bonchev–Trinajstić information content (AvgIpc) is 3.30. The third kappa shape index (κ3) is 11.8. The molecule has 7 nitrogen and oxygen atoms in total. The summed E-state index contributed by atoms with van der Waals surface area (Å²) >= 11 is 3.56. The zero-order chi connectivity index (χ0) is 26.9. The van der Waals surface area contributed by atoms with Crippen LogP contribution < -0.4 is 5.32 Å². The number of allylic oxidation sites excluding steroid dienone is 4. The van der Waals surface area contributed by atoms with E-state index in [-0.39, 0.29) is 0 Å². The lowest BCUT2D eigenvalue weighted by Gasteiger charge is -2.23. The van der Waals surface area contributed by atoms with Crippen LogP contribution in [0.15, 0.2) is 58.1 Å². The van der Waals surface area contributed by atoms with E-state index >= 15 is 0 Å². The number of carbonyl (C=O) groups excluding carboxylic acids is 1. The maximum Gasteiger partial charge on any atom is 0.204 e. The second-order valence-corrected chi connectivity index (χ2v) is 9.38. The molecule has 2 aromatic heterocycles. The van der Waals surface area contributed by atoms with Crippen molar-refractivity contribution in [2.24, 2.45) is 0 Å². The van der Waals surface area contributed by atoms with E-state index in [9.17, 15) is 9.28 Å². The molecule has 2 heterocycles. The third-order valence-electron chi connectivity index (χ3n) is 5.34. The Kier molecular flexibility index (Phi) is 15.3. The molecule has 3 rings (SSSR count). The number of furan rings is 1. The number of likely N-dealkylation sites (N-methyl/N-ethyl adjacent to an activating group) is 2. The lowest BCUT2D eigenvalue weighted by Crippen LogP contribution is -2.23. The van der Waals surface area contributed by atoms with Crippen LogP contribution in [-0.2, 0) is 4.79 Å². The van der Waals surface area contributed by atoms with Gasteiger partial charge in [0, 0.05) is 44.1 Å². The number of aldehydes is 1. The highest BCUT2D eigenvalue weighted by molar-refractivity contribution is 9.10. The maximum atomic E-state index is 11.9. The Morgan fingerprint density at radius 1 is 1.31 bits per heavy atom. The van der Waals surface area contributed by atoms with Crippen molar-refractivity contribution in [3.8, 4) is 6.07 Å². The molecule has 1 aliphatic carbocycles. The fourth-order valence-electron chi connectivity index (χ4n) is 3.38. The van der Waals surface area contributed by atoms with Crippen molar-refractivity contribution >= 4 is 39.0 Å². The molecule has 0 bridgehead atoms. The zero-order valence-corrected chi connectivity index (χ0v) is 23.1. The summed E-state index contributed by atoms with van der Waals surface area (Å²) in [5, 5.41) is 13.9. The van der Waals surface area contributed by atoms with Crippen LogP contribution in [0.3, 0.4) is 0 Å². The quantitative estimate of drug-likeness (QED) is 0.214. The monoisotopic (exact) mass is 561 g/mol. The van der Waals surface area contributed by atoms with Crippen molar-refractivity contribution in [2.75, 3.05) is 39.5 Å². The molecule has 0 saturated heterocycles. The number of carbonyl (C=O) groups is 1. The lowest BCUT2D eigenvalue weighted by atomic mass is 9.95. The number of fused-ring (bicyclic) bond motifs is 1. The minimum absolute atomic E-state index is 0.312. The molecule has 0 aliphatic heterocycles. The Morgan fingerprint density at radius 3 is 2.50 bits per heavy atom. The first-order valence-corrected chi connectivity index (χ1v) is 12.7. The van der Waals surface area contributed by atoms with Gasteiger partial charge in [-0.2, -0.15) is 5.26 Å². The average molecular weight is 563 g/mol. The minimum Gasteiger partial charge on any atom is -0.444 e. The van der Waals surface area contributed by atoms with Gasteiger partial charge in [0.2, 0.25) is 5.76 Å². The summed E-state index contributed by atoms with van der Waals surface area (Å²) < 4.78 is 18.1. The first-order chi connectivity index (χ1) is 17.2. The van der Waals surface area contributed by atoms with Crippen molar-refractivity contribution in [2.45, 2.75) is 44.6 Å². The van der Waals surface area contributed by atoms with Gasteiger partial charge in [0.05, 0.1) is 10.7 Å². The SMILES string of the molecule is C=C/C=C(\C=C)CC=O.CN(C)CCN(C)F.N#Cc1cc2c(Br)c(NC3CCCCC3)ncc2o1. The van der Waals surface area contributed by atoms with Gasteiger partial charge in [-0.3, -0.25) is 0 Å². The molecule has 1 fully saturated rings. The number of anilines is 1. The number of hydrogen-bond acceptors (Lipinski definition) is 7. The molecule has 1 aliphatic rings. The summed E-state index contributed by atoms with van der Waals surface area (Å²) in [4.78, 5) is 16.3. The van der Waals surface area contributed by atoms with Crippen molar-refractivity contribution < 1.29 is 13.7 Å². The zero-order valence-electron chi connectivity index (χ0n) is 21.5. The number of nitriles is 1. The molecule has 0 aromatic carbocycles. The van der Waals surface area contributed by atoms with Gasteiger partial charge < -0.3 is 19.4 Å². The Hall–Kier alpha value is -2.80. The summed E-state index contributed by atoms with van der Waals surface area (Å²) in [6.45, 7) is 8.26. The molecule has 1 N–H and O–H groups in total. The Bertz CT molecular complexity index is 1030. The van der Waals surface area contributed by atoms with Crippen LogP contribution in [0, 0.1) is 11.3 Å². The number of nitrogens with one attached hydrogen (secondary N) is 1. The fraction of sp³-hybridized carbons (Fsp3) is 0.444. The van der Waals surface area contributed by atoms with E-state index in [0.717, 1.165) is 34.1 Å². The van der Waals surface area contributed by atoms with E-state index in [1.807, 2.05) is 25.1 Å². The van der Waals surface area contributed by atoms with Gasteiger partial charge in [-0.05, 0) is 48.4 Å². The van der Waals surface area contributed by atoms with Gasteiger partial charge in [-0.1, -0.05) is 50.6 Å². The van der Waals surface area contributed by atoms with Crippen LogP contribution in [0.2, 0.25) is 0 Å². The summed E-state index contributed by atoms with van der Waals surface area (Å²) in [6, 6.07) is 4.25. The first-order valence-electron chi connectivity index (χ1n) is 11.9. The van der Waals surface area contributed by atoms with E-state index in [2.05, 4.69) is 39.4 Å². The van der Waals surface area contributed by atoms with Gasteiger partial charge >= 0.3 is 0 Å². The molecular weight excluding hydrogens is 525 g/mol. The molecule has 0 spiro atoms. The Morgan fingerprint density at radius 2 is 2.00 bits per heavy atom. The Labute approximate surface area is 222 Å². The van der Waals surface area contributed by atoms with Crippen LogP contribution >= 0.6 is 15.9 Å². The highest BCUT2D eigenvalue weighted by Gasteiger charge is 2.17. The molecular formula is C27H37BrFN5O2. The summed E-state index contributed by atoms with van der Waals surface area (Å²) in [5.41, 5.74) is 1.54. The molecule has 0 unspecified atom stereocenters. The number of halogens is 2.